The van der Waals surface area contributed by atoms with Crippen LogP contribution in [0.4, 0.5) is 0 Å². The number of hydrogen-bond acceptors (Lipinski definition) is 1. The van der Waals surface area contributed by atoms with Crippen molar-refractivity contribution >= 4 is 189 Å². The zero-order valence-corrected chi connectivity index (χ0v) is 31.7. The van der Waals surface area contributed by atoms with Gasteiger partial charge in [-0.3, -0.25) is 4.57 Å². The highest BCUT2D eigenvalue weighted by Crippen LogP contribution is 2.43. The van der Waals surface area contributed by atoms with E-state index in [4.69, 9.17) is 4.98 Å². The standard InChI is InChI=1S/C34H37B13N2/c35-23-21(24(36)28(40)31(43)27(23)39)19-13-5-1-2-6-14(13)20(22-25(37)29(41)32(44)30(42)26(22)38)16-11-12(9-10-15(16)19)49-18-8-4-3-7-17(18)48-33(49)34(45,46)47/h1-11H,35-47H2. The maximum Gasteiger partial charge on any atom is 0.139 e. The molecule has 7 rings (SSSR count). The fourth-order valence-electron chi connectivity index (χ4n) is 8.38. The van der Waals surface area contributed by atoms with Crippen LogP contribution in [0.3, 0.4) is 0 Å². The summed E-state index contributed by atoms with van der Waals surface area (Å²) >= 11 is 0. The third kappa shape index (κ3) is 5.01. The normalized spacial score (nSPS) is 11.9. The Hall–Kier alpha value is -3.85. The fourth-order valence-corrected chi connectivity index (χ4v) is 8.38. The van der Waals surface area contributed by atoms with Crippen LogP contribution in [0.25, 0.3) is 60.5 Å². The van der Waals surface area contributed by atoms with Gasteiger partial charge in [0.1, 0.15) is 78.5 Å². The van der Waals surface area contributed by atoms with E-state index in [2.05, 4.69) is 173 Å². The first-order chi connectivity index (χ1) is 23.1. The van der Waals surface area contributed by atoms with Crippen LogP contribution in [-0.4, -0.2) is 112 Å². The molecule has 0 aliphatic carbocycles. The molecule has 2 nitrogen and oxygen atoms in total. The highest BCUT2D eigenvalue weighted by molar-refractivity contribution is 6.70. The number of nitrogens with zero attached hydrogens (tertiary/aromatic N) is 2. The summed E-state index contributed by atoms with van der Waals surface area (Å²) in [4.78, 5) is 5.21. The first-order valence-corrected chi connectivity index (χ1v) is 17.8. The van der Waals surface area contributed by atoms with E-state index in [0.717, 1.165) is 22.5 Å². The molecule has 0 saturated carbocycles. The monoisotopic (exact) mass is 616 g/mol. The third-order valence-corrected chi connectivity index (χ3v) is 12.0. The second-order valence-electron chi connectivity index (χ2n) is 15.5. The summed E-state index contributed by atoms with van der Waals surface area (Å²) < 4.78 is 2.40. The molecule has 0 amide bonds. The largest absolute Gasteiger partial charge is 0.298 e. The van der Waals surface area contributed by atoms with Gasteiger partial charge in [0.2, 0.25) is 0 Å². The van der Waals surface area contributed by atoms with Crippen molar-refractivity contribution in [3.05, 3.63) is 72.6 Å². The first-order valence-electron chi connectivity index (χ1n) is 17.8. The zero-order valence-electron chi connectivity index (χ0n) is 31.7. The number of benzene rings is 6. The average Bonchev–Trinajstić information content (AvgIpc) is 3.49. The van der Waals surface area contributed by atoms with E-state index in [0.29, 0.717) is 0 Å². The van der Waals surface area contributed by atoms with E-state index >= 15 is 0 Å². The quantitative estimate of drug-likeness (QED) is 0.143. The number of aromatic nitrogens is 2. The maximum atomic E-state index is 5.21. The molecule has 49 heavy (non-hydrogen) atoms. The Morgan fingerprint density at radius 2 is 0.837 bits per heavy atom. The zero-order chi connectivity index (χ0) is 35.3. The van der Waals surface area contributed by atoms with Crippen LogP contribution in [-0.2, 0) is 5.11 Å². The van der Waals surface area contributed by atoms with Crippen molar-refractivity contribution in [2.75, 3.05) is 0 Å². The highest BCUT2D eigenvalue weighted by atomic mass is 15.1. The highest BCUT2D eigenvalue weighted by Gasteiger charge is 2.27. The Labute approximate surface area is 303 Å². The van der Waals surface area contributed by atoms with Gasteiger partial charge in [-0.1, -0.05) is 69.4 Å². The van der Waals surface area contributed by atoms with E-state index < -0.39 is 0 Å². The lowest BCUT2D eigenvalue weighted by atomic mass is 9.42. The van der Waals surface area contributed by atoms with E-state index in [1.165, 1.54) is 98.4 Å². The summed E-state index contributed by atoms with van der Waals surface area (Å²) in [6.45, 7) is 0. The second kappa shape index (κ2) is 11.9. The lowest BCUT2D eigenvalue weighted by Crippen LogP contribution is -2.55. The van der Waals surface area contributed by atoms with Gasteiger partial charge in [0, 0.05) is 5.69 Å². The lowest BCUT2D eigenvalue weighted by Gasteiger charge is -2.27. The average molecular weight is 614 g/mol. The molecule has 0 atom stereocenters. The molecule has 0 fully saturated rings. The van der Waals surface area contributed by atoms with Crippen molar-refractivity contribution in [1.29, 1.82) is 0 Å². The third-order valence-electron chi connectivity index (χ3n) is 12.0. The Kier molecular flexibility index (Phi) is 8.16. The van der Waals surface area contributed by atoms with Gasteiger partial charge in [-0.2, -0.15) is 0 Å². The van der Waals surface area contributed by atoms with Gasteiger partial charge in [0.15, 0.2) is 0 Å². The Balaban J connectivity index is 1.75. The molecule has 0 aliphatic heterocycles. The molecule has 0 aliphatic rings. The summed E-state index contributed by atoms with van der Waals surface area (Å²) in [5, 5.41) is 5.05. The van der Waals surface area contributed by atoms with Crippen molar-refractivity contribution in [3.63, 3.8) is 0 Å². The molecule has 7 aromatic rings. The molecule has 0 bridgehead atoms. The Morgan fingerprint density at radius 1 is 0.429 bits per heavy atom. The molecule has 0 spiro atoms. The van der Waals surface area contributed by atoms with Gasteiger partial charge in [-0.15, -0.1) is 32.8 Å². The van der Waals surface area contributed by atoms with Crippen LogP contribution in [0.5, 0.6) is 0 Å². The van der Waals surface area contributed by atoms with E-state index in [1.54, 1.807) is 0 Å². The Bertz CT molecular complexity index is 2490. The summed E-state index contributed by atoms with van der Waals surface area (Å²) in [6.07, 6.45) is 0. The van der Waals surface area contributed by atoms with Gasteiger partial charge >= 0.3 is 0 Å². The topological polar surface area (TPSA) is 17.8 Å². The first kappa shape index (κ1) is 33.6. The molecule has 0 N–H and O–H groups in total. The molecule has 1 aromatic heterocycles. The minimum absolute atomic E-state index is 0.144. The molecule has 0 saturated heterocycles. The predicted octanol–water partition coefficient (Wildman–Crippen LogP) is -11.7. The smallest absolute Gasteiger partial charge is 0.139 e. The molecule has 1 heterocycles. The van der Waals surface area contributed by atoms with Crippen LogP contribution >= 0.6 is 0 Å². The summed E-state index contributed by atoms with van der Waals surface area (Å²) in [5.74, 6) is 1.07. The number of imidazole rings is 1. The van der Waals surface area contributed by atoms with Crippen molar-refractivity contribution in [2.45, 2.75) is 5.11 Å². The SMILES string of the molecule is Bc1c(B)c(B)c(-c2c3ccccc3c(-c3c(B)c(B)c(B)c(B)c3B)c3cc(-n4c(C(B)(B)B)nc5ccccc54)ccc23)c(B)c1B. The minimum atomic E-state index is -0.144. The number of hydrogen-bond donors (Lipinski definition) is 0. The summed E-state index contributed by atoms with van der Waals surface area (Å²) in [7, 11) is 29.8. The number of fused-ring (bicyclic) bond motifs is 3. The van der Waals surface area contributed by atoms with Crippen molar-refractivity contribution in [3.8, 4) is 27.9 Å². The van der Waals surface area contributed by atoms with Crippen LogP contribution in [0.15, 0.2) is 66.7 Å². The molecule has 222 valence electrons. The molecular weight excluding hydrogens is 577 g/mol. The molecular formula is C34H37B13N2. The van der Waals surface area contributed by atoms with Crippen LogP contribution in [0, 0.1) is 0 Å². The lowest BCUT2D eigenvalue weighted by molar-refractivity contribution is 0.930. The van der Waals surface area contributed by atoms with Crippen molar-refractivity contribution in [1.82, 2.24) is 9.55 Å². The van der Waals surface area contributed by atoms with Crippen LogP contribution in [0.2, 0.25) is 0 Å². The second-order valence-corrected chi connectivity index (χ2v) is 15.5. The maximum absolute atomic E-state index is 5.21. The van der Waals surface area contributed by atoms with E-state index in [1.807, 2.05) is 0 Å². The van der Waals surface area contributed by atoms with Gasteiger partial charge in [0.25, 0.3) is 0 Å². The van der Waals surface area contributed by atoms with E-state index in [9.17, 15) is 0 Å². The molecule has 6 aromatic carbocycles. The Morgan fingerprint density at radius 3 is 1.33 bits per heavy atom. The fraction of sp³-hybridized carbons (Fsp3) is 0.0294. The van der Waals surface area contributed by atoms with E-state index in [-0.39, 0.29) is 5.11 Å². The van der Waals surface area contributed by atoms with Crippen molar-refractivity contribution < 1.29 is 0 Å². The molecule has 0 radical (unpaired) electrons. The van der Waals surface area contributed by atoms with Crippen LogP contribution in [0.1, 0.15) is 5.82 Å². The predicted molar refractivity (Wildman–Crippen MR) is 256 cm³/mol. The van der Waals surface area contributed by atoms with Gasteiger partial charge in [-0.25, -0.2) is 4.98 Å². The summed E-state index contributed by atoms with van der Waals surface area (Å²) in [6, 6.07) is 24.9. The van der Waals surface area contributed by atoms with Crippen LogP contribution < -0.4 is 54.6 Å². The van der Waals surface area contributed by atoms with Gasteiger partial charge < -0.3 is 0 Å². The number of para-hydroxylation sites is 2. The van der Waals surface area contributed by atoms with Gasteiger partial charge in [-0.05, 0) is 68.1 Å². The van der Waals surface area contributed by atoms with Crippen molar-refractivity contribution in [2.24, 2.45) is 0 Å². The van der Waals surface area contributed by atoms with Gasteiger partial charge in [0.05, 0.1) is 40.4 Å². The molecule has 0 unspecified atom stereocenters. The number of rotatable bonds is 4. The summed E-state index contributed by atoms with van der Waals surface area (Å²) in [5.41, 5.74) is 22.5. The molecule has 15 heteroatoms. The minimum Gasteiger partial charge on any atom is -0.298 e.